The normalized spacial score (nSPS) is 15.9. The summed E-state index contributed by atoms with van der Waals surface area (Å²) in [6.45, 7) is 10.6. The molecule has 2 heterocycles. The number of aromatic nitrogens is 2. The molecule has 0 radical (unpaired) electrons. The first-order valence-corrected chi connectivity index (χ1v) is 14.8. The monoisotopic (exact) mass is 570 g/mol. The Morgan fingerprint density at radius 1 is 1.10 bits per heavy atom. The third-order valence-electron chi connectivity index (χ3n) is 8.31. The topological polar surface area (TPSA) is 50.6 Å². The molecule has 0 saturated carbocycles. The minimum Gasteiger partial charge on any atom is -0.445 e. The first-order chi connectivity index (χ1) is 19.9. The van der Waals surface area contributed by atoms with Gasteiger partial charge in [-0.2, -0.15) is 0 Å². The van der Waals surface area contributed by atoms with E-state index in [-0.39, 0.29) is 24.2 Å². The van der Waals surface area contributed by atoms with E-state index >= 15 is 0 Å². The van der Waals surface area contributed by atoms with Crippen LogP contribution in [0, 0.1) is 0 Å². The summed E-state index contributed by atoms with van der Waals surface area (Å²) in [6, 6.07) is 26.5. The van der Waals surface area contributed by atoms with Crippen LogP contribution in [0.2, 0.25) is 5.02 Å². The fourth-order valence-electron chi connectivity index (χ4n) is 5.86. The van der Waals surface area contributed by atoms with Gasteiger partial charge >= 0.3 is 6.09 Å². The van der Waals surface area contributed by atoms with Crippen LogP contribution in [0.4, 0.5) is 4.79 Å². The van der Waals surface area contributed by atoms with Crippen molar-refractivity contribution in [3.63, 3.8) is 0 Å². The summed E-state index contributed by atoms with van der Waals surface area (Å²) in [5.41, 5.74) is 4.23. The molecule has 6 nitrogen and oxygen atoms in total. The number of hydrogen-bond acceptors (Lipinski definition) is 4. The molecule has 1 saturated heterocycles. The fraction of sp³-hybridized carbons (Fsp3) is 0.353. The van der Waals surface area contributed by atoms with Crippen LogP contribution in [0.15, 0.2) is 97.8 Å². The Kier molecular flexibility index (Phi) is 9.42. The lowest BCUT2D eigenvalue weighted by atomic mass is 9.79. The van der Waals surface area contributed by atoms with Gasteiger partial charge in [0.15, 0.2) is 0 Å². The van der Waals surface area contributed by atoms with Crippen LogP contribution < -0.4 is 0 Å². The molecule has 1 amide bonds. The van der Waals surface area contributed by atoms with Gasteiger partial charge < -0.3 is 19.1 Å². The van der Waals surface area contributed by atoms with E-state index in [4.69, 9.17) is 16.3 Å². The number of hydrogen-bond donors (Lipinski definition) is 0. The molecule has 1 aliphatic rings. The number of carbonyl (C=O) groups is 1. The van der Waals surface area contributed by atoms with Gasteiger partial charge in [-0.25, -0.2) is 9.78 Å². The van der Waals surface area contributed by atoms with Crippen LogP contribution in [0.5, 0.6) is 0 Å². The van der Waals surface area contributed by atoms with E-state index in [2.05, 4.69) is 58.3 Å². The number of nitrogens with zero attached hydrogens (tertiary/aromatic N) is 4. The van der Waals surface area contributed by atoms with Gasteiger partial charge in [-0.3, -0.25) is 0 Å². The highest BCUT2D eigenvalue weighted by molar-refractivity contribution is 6.30. The molecule has 0 bridgehead atoms. The van der Waals surface area contributed by atoms with E-state index in [0.717, 1.165) is 67.1 Å². The maximum Gasteiger partial charge on any atom is 0.410 e. The molecule has 1 atom stereocenters. The highest BCUT2D eigenvalue weighted by atomic mass is 35.5. The van der Waals surface area contributed by atoms with Crippen molar-refractivity contribution in [2.45, 2.75) is 50.8 Å². The second-order valence-electron chi connectivity index (χ2n) is 11.2. The molecule has 0 spiro atoms. The van der Waals surface area contributed by atoms with E-state index in [1.165, 1.54) is 5.56 Å². The van der Waals surface area contributed by atoms with Crippen molar-refractivity contribution in [1.29, 1.82) is 0 Å². The lowest BCUT2D eigenvalue weighted by molar-refractivity contribution is 0.0647. The highest BCUT2D eigenvalue weighted by Gasteiger charge is 2.32. The minimum absolute atomic E-state index is 0.138. The molecular formula is C34H39ClN4O2. The van der Waals surface area contributed by atoms with E-state index in [0.29, 0.717) is 6.54 Å². The number of benzene rings is 3. The number of ether oxygens (including phenoxy) is 1. The van der Waals surface area contributed by atoms with Crippen LogP contribution >= 0.6 is 11.6 Å². The average molecular weight is 571 g/mol. The summed E-state index contributed by atoms with van der Waals surface area (Å²) in [6.07, 6.45) is 6.26. The predicted molar refractivity (Wildman–Crippen MR) is 166 cm³/mol. The van der Waals surface area contributed by atoms with Gasteiger partial charge in [-0.15, -0.1) is 6.58 Å². The molecule has 0 N–H and O–H groups in total. The lowest BCUT2D eigenvalue weighted by Crippen LogP contribution is -2.48. The summed E-state index contributed by atoms with van der Waals surface area (Å²) in [5, 5.41) is 0.756. The Hall–Kier alpha value is -3.61. The van der Waals surface area contributed by atoms with Crippen molar-refractivity contribution in [1.82, 2.24) is 19.4 Å². The maximum absolute atomic E-state index is 13.0. The van der Waals surface area contributed by atoms with Gasteiger partial charge in [-0.1, -0.05) is 79.2 Å². The molecule has 41 heavy (non-hydrogen) atoms. The van der Waals surface area contributed by atoms with E-state index < -0.39 is 0 Å². The summed E-state index contributed by atoms with van der Waals surface area (Å²) >= 11 is 6.45. The zero-order chi connectivity index (χ0) is 28.7. The number of rotatable bonds is 11. The van der Waals surface area contributed by atoms with Crippen LogP contribution in [-0.2, 0) is 23.3 Å². The summed E-state index contributed by atoms with van der Waals surface area (Å²) < 4.78 is 7.92. The summed E-state index contributed by atoms with van der Waals surface area (Å²) in [5.74, 6) is 0. The second-order valence-corrected chi connectivity index (χ2v) is 11.7. The molecule has 7 heteroatoms. The quantitative estimate of drug-likeness (QED) is 0.177. The van der Waals surface area contributed by atoms with Crippen molar-refractivity contribution in [3.05, 3.63) is 114 Å². The van der Waals surface area contributed by atoms with Gasteiger partial charge in [0, 0.05) is 42.7 Å². The molecule has 214 valence electrons. The SMILES string of the molecule is C=CCN(C(=O)OCc1ccccc1)C1CCN(CCC(C)(Cn2cnc3ccccc32)c2cccc(Cl)c2)CC1. The van der Waals surface area contributed by atoms with Crippen molar-refractivity contribution >= 4 is 28.7 Å². The number of carbonyl (C=O) groups excluding carboxylic acids is 1. The Bertz CT molecular complexity index is 1450. The third kappa shape index (κ3) is 7.19. The first-order valence-electron chi connectivity index (χ1n) is 14.4. The van der Waals surface area contributed by atoms with Gasteiger partial charge in [0.25, 0.3) is 0 Å². The Morgan fingerprint density at radius 3 is 2.61 bits per heavy atom. The maximum atomic E-state index is 13.0. The van der Waals surface area contributed by atoms with Gasteiger partial charge in [0.1, 0.15) is 6.61 Å². The number of imidazole rings is 1. The lowest BCUT2D eigenvalue weighted by Gasteiger charge is -2.39. The van der Waals surface area contributed by atoms with E-state index in [9.17, 15) is 4.79 Å². The van der Waals surface area contributed by atoms with Crippen molar-refractivity contribution < 1.29 is 9.53 Å². The van der Waals surface area contributed by atoms with Gasteiger partial charge in [0.05, 0.1) is 17.4 Å². The Labute approximate surface area is 248 Å². The summed E-state index contributed by atoms with van der Waals surface area (Å²) in [7, 11) is 0. The molecule has 1 unspecified atom stereocenters. The van der Waals surface area contributed by atoms with E-state index in [1.807, 2.05) is 59.8 Å². The third-order valence-corrected chi connectivity index (χ3v) is 8.55. The van der Waals surface area contributed by atoms with Crippen molar-refractivity contribution in [2.75, 3.05) is 26.2 Å². The first kappa shape index (κ1) is 28.9. The van der Waals surface area contributed by atoms with Gasteiger partial charge in [0.2, 0.25) is 0 Å². The number of para-hydroxylation sites is 2. The van der Waals surface area contributed by atoms with Crippen LogP contribution in [0.25, 0.3) is 11.0 Å². The molecule has 5 rings (SSSR count). The second kappa shape index (κ2) is 13.4. The standard InChI is InChI=1S/C34H39ClN4O2/c1-3-19-39(33(40)41-24-27-10-5-4-6-11-27)30-16-20-37(21-17-30)22-18-34(2,28-12-9-13-29(35)23-28)25-38-26-36-31-14-7-8-15-32(31)38/h3-15,23,26,30H,1,16-22,24-25H2,2H3. The van der Waals surface area contributed by atoms with Crippen LogP contribution in [0.1, 0.15) is 37.3 Å². The number of piperidine rings is 1. The summed E-state index contributed by atoms with van der Waals surface area (Å²) in [4.78, 5) is 22.0. The fourth-order valence-corrected chi connectivity index (χ4v) is 6.05. The Morgan fingerprint density at radius 2 is 1.85 bits per heavy atom. The highest BCUT2D eigenvalue weighted by Crippen LogP contribution is 2.33. The Balaban J connectivity index is 1.22. The number of fused-ring (bicyclic) bond motifs is 1. The number of halogens is 1. The minimum atomic E-state index is -0.270. The molecule has 1 fully saturated rings. The van der Waals surface area contributed by atoms with Crippen LogP contribution in [-0.4, -0.2) is 57.7 Å². The number of amides is 1. The molecule has 1 aliphatic heterocycles. The predicted octanol–water partition coefficient (Wildman–Crippen LogP) is 7.33. The van der Waals surface area contributed by atoms with Crippen LogP contribution in [0.3, 0.4) is 0 Å². The van der Waals surface area contributed by atoms with E-state index in [1.54, 1.807) is 6.08 Å². The number of likely N-dealkylation sites (tertiary alicyclic amines) is 1. The zero-order valence-electron chi connectivity index (χ0n) is 23.8. The molecule has 0 aliphatic carbocycles. The van der Waals surface area contributed by atoms with Crippen molar-refractivity contribution in [2.24, 2.45) is 0 Å². The average Bonchev–Trinajstić information content (AvgIpc) is 3.41. The molecule has 3 aromatic carbocycles. The largest absolute Gasteiger partial charge is 0.445 e. The zero-order valence-corrected chi connectivity index (χ0v) is 24.5. The molecular weight excluding hydrogens is 532 g/mol. The van der Waals surface area contributed by atoms with Gasteiger partial charge in [-0.05, 0) is 61.2 Å². The van der Waals surface area contributed by atoms with Crippen molar-refractivity contribution in [3.8, 4) is 0 Å². The molecule has 4 aromatic rings. The molecule has 1 aromatic heterocycles. The smallest absolute Gasteiger partial charge is 0.410 e.